The van der Waals surface area contributed by atoms with Crippen LogP contribution in [-0.2, 0) is 6.54 Å². The van der Waals surface area contributed by atoms with E-state index in [-0.39, 0.29) is 5.82 Å². The van der Waals surface area contributed by atoms with Crippen LogP contribution in [0.15, 0.2) is 18.2 Å². The summed E-state index contributed by atoms with van der Waals surface area (Å²) in [6, 6.07) is 5.21. The largest absolute Gasteiger partial charge is 0.308 e. The monoisotopic (exact) mass is 296 g/mol. The molecule has 0 amide bonds. The maximum Gasteiger partial charge on any atom is 0.124 e. The molecule has 3 rings (SSSR count). The molecular weight excluding hydrogens is 275 g/mol. The molecule has 0 radical (unpaired) electrons. The Bertz CT molecular complexity index is 485. The second kappa shape index (κ2) is 5.63. The fraction of sp³-hybridized carbons (Fsp3) is 0.625. The predicted molar refractivity (Wildman–Crippen MR) is 80.5 cm³/mol. The first-order valence-electron chi connectivity index (χ1n) is 7.51. The number of benzene rings is 1. The van der Waals surface area contributed by atoms with Gasteiger partial charge in [-0.2, -0.15) is 0 Å². The molecule has 110 valence electrons. The van der Waals surface area contributed by atoms with Crippen molar-refractivity contribution in [2.24, 2.45) is 0 Å². The highest BCUT2D eigenvalue weighted by molar-refractivity contribution is 6.31. The minimum absolute atomic E-state index is 0.264. The molecule has 2 nitrogen and oxygen atoms in total. The van der Waals surface area contributed by atoms with Gasteiger partial charge in [0.25, 0.3) is 0 Å². The van der Waals surface area contributed by atoms with Crippen LogP contribution < -0.4 is 5.32 Å². The number of nitrogens with zero attached hydrogens (tertiary/aromatic N) is 1. The minimum Gasteiger partial charge on any atom is -0.308 e. The average molecular weight is 297 g/mol. The van der Waals surface area contributed by atoms with Gasteiger partial charge in [-0.15, -0.1) is 0 Å². The lowest BCUT2D eigenvalue weighted by molar-refractivity contribution is 0.0827. The summed E-state index contributed by atoms with van der Waals surface area (Å²) < 4.78 is 13.1. The topological polar surface area (TPSA) is 15.3 Å². The highest BCUT2D eigenvalue weighted by atomic mass is 35.5. The third-order valence-corrected chi connectivity index (χ3v) is 5.20. The van der Waals surface area contributed by atoms with Gasteiger partial charge < -0.3 is 5.32 Å². The average Bonchev–Trinajstić information content (AvgIpc) is 2.86. The van der Waals surface area contributed by atoms with Gasteiger partial charge in [0.2, 0.25) is 0 Å². The molecule has 0 aromatic heterocycles. The van der Waals surface area contributed by atoms with Crippen LogP contribution in [0.25, 0.3) is 0 Å². The van der Waals surface area contributed by atoms with Crippen molar-refractivity contribution in [1.82, 2.24) is 10.2 Å². The Balaban J connectivity index is 1.74. The van der Waals surface area contributed by atoms with E-state index in [0.717, 1.165) is 25.2 Å². The molecule has 20 heavy (non-hydrogen) atoms. The Kier molecular flexibility index (Phi) is 4.02. The summed E-state index contributed by atoms with van der Waals surface area (Å²) in [6.45, 7) is 5.15. The normalized spacial score (nSPS) is 26.2. The van der Waals surface area contributed by atoms with Crippen LogP contribution in [0, 0.1) is 5.82 Å². The number of nitrogens with one attached hydrogen (secondary N) is 1. The van der Waals surface area contributed by atoms with Crippen molar-refractivity contribution < 1.29 is 4.39 Å². The number of piperazine rings is 1. The fourth-order valence-corrected chi connectivity index (χ4v) is 3.79. The Hall–Kier alpha value is -0.640. The molecule has 1 aromatic rings. The molecule has 1 saturated carbocycles. The summed E-state index contributed by atoms with van der Waals surface area (Å²) in [5.41, 5.74) is 1.33. The van der Waals surface area contributed by atoms with Gasteiger partial charge in [-0.25, -0.2) is 4.39 Å². The van der Waals surface area contributed by atoms with E-state index in [1.54, 1.807) is 0 Å². The molecule has 1 N–H and O–H groups in total. The smallest absolute Gasteiger partial charge is 0.124 e. The first kappa shape index (κ1) is 14.3. The maximum atomic E-state index is 13.1. The second-order valence-electron chi connectivity index (χ2n) is 6.36. The van der Waals surface area contributed by atoms with E-state index >= 15 is 0 Å². The molecule has 1 unspecified atom stereocenters. The summed E-state index contributed by atoms with van der Waals surface area (Å²) in [4.78, 5) is 2.49. The lowest BCUT2D eigenvalue weighted by atomic mass is 9.92. The standard InChI is InChI=1S/C16H22ClFN2/c1-12-9-19-16(6-2-3-7-16)11-20(12)10-13-4-5-14(18)8-15(13)17/h4-5,8,12,19H,2-3,6-7,9-11H2,1H3. The number of rotatable bonds is 2. The number of hydrogen-bond donors (Lipinski definition) is 1. The van der Waals surface area contributed by atoms with E-state index < -0.39 is 0 Å². The predicted octanol–water partition coefficient (Wildman–Crippen LogP) is 3.59. The van der Waals surface area contributed by atoms with E-state index in [1.807, 2.05) is 6.07 Å². The van der Waals surface area contributed by atoms with Crippen LogP contribution in [-0.4, -0.2) is 29.6 Å². The van der Waals surface area contributed by atoms with E-state index in [1.165, 1.54) is 37.8 Å². The molecule has 1 saturated heterocycles. The maximum absolute atomic E-state index is 13.1. The summed E-state index contributed by atoms with van der Waals surface area (Å²) in [7, 11) is 0. The second-order valence-corrected chi connectivity index (χ2v) is 6.77. The lowest BCUT2D eigenvalue weighted by Crippen LogP contribution is -2.62. The van der Waals surface area contributed by atoms with Crippen molar-refractivity contribution in [3.8, 4) is 0 Å². The van der Waals surface area contributed by atoms with Crippen LogP contribution in [0.3, 0.4) is 0 Å². The number of halogens is 2. The van der Waals surface area contributed by atoms with E-state index in [2.05, 4.69) is 17.1 Å². The molecule has 1 atom stereocenters. The SMILES string of the molecule is CC1CNC2(CCCC2)CN1Cc1ccc(F)cc1Cl. The third kappa shape index (κ3) is 2.85. The van der Waals surface area contributed by atoms with Crippen LogP contribution in [0.1, 0.15) is 38.2 Å². The highest BCUT2D eigenvalue weighted by Gasteiger charge is 2.39. The minimum atomic E-state index is -0.264. The van der Waals surface area contributed by atoms with Crippen LogP contribution in [0.2, 0.25) is 5.02 Å². The highest BCUT2D eigenvalue weighted by Crippen LogP contribution is 2.34. The molecule has 2 fully saturated rings. The zero-order valence-corrected chi connectivity index (χ0v) is 12.7. The van der Waals surface area contributed by atoms with Crippen molar-refractivity contribution in [3.05, 3.63) is 34.6 Å². The van der Waals surface area contributed by atoms with E-state index in [0.29, 0.717) is 16.6 Å². The van der Waals surface area contributed by atoms with E-state index in [4.69, 9.17) is 11.6 Å². The molecule has 1 spiro atoms. The Morgan fingerprint density at radius 3 is 2.85 bits per heavy atom. The van der Waals surface area contributed by atoms with Gasteiger partial charge in [-0.05, 0) is 37.5 Å². The molecule has 1 aromatic carbocycles. The van der Waals surface area contributed by atoms with Crippen molar-refractivity contribution in [2.45, 2.75) is 50.7 Å². The summed E-state index contributed by atoms with van der Waals surface area (Å²) in [5.74, 6) is -0.264. The number of hydrogen-bond acceptors (Lipinski definition) is 2. The van der Waals surface area contributed by atoms with Crippen LogP contribution in [0.5, 0.6) is 0 Å². The van der Waals surface area contributed by atoms with Gasteiger partial charge in [0.1, 0.15) is 5.82 Å². The van der Waals surface area contributed by atoms with Gasteiger partial charge in [-0.1, -0.05) is 30.5 Å². The van der Waals surface area contributed by atoms with Crippen molar-refractivity contribution in [3.63, 3.8) is 0 Å². The van der Waals surface area contributed by atoms with Gasteiger partial charge >= 0.3 is 0 Å². The molecule has 4 heteroatoms. The van der Waals surface area contributed by atoms with Gasteiger partial charge in [0.05, 0.1) is 0 Å². The molecule has 1 aliphatic carbocycles. The summed E-state index contributed by atoms with van der Waals surface area (Å²) in [5, 5.41) is 4.29. The molecule has 1 aliphatic heterocycles. The Labute approximate surface area is 125 Å². The fourth-order valence-electron chi connectivity index (χ4n) is 3.56. The van der Waals surface area contributed by atoms with Crippen molar-refractivity contribution in [2.75, 3.05) is 13.1 Å². The molecular formula is C16H22ClFN2. The summed E-state index contributed by atoms with van der Waals surface area (Å²) in [6.07, 6.45) is 5.19. The molecule has 2 aliphatic rings. The molecule has 1 heterocycles. The summed E-state index contributed by atoms with van der Waals surface area (Å²) >= 11 is 6.17. The quantitative estimate of drug-likeness (QED) is 0.897. The first-order chi connectivity index (χ1) is 9.58. The van der Waals surface area contributed by atoms with Crippen LogP contribution in [0.4, 0.5) is 4.39 Å². The lowest BCUT2D eigenvalue weighted by Gasteiger charge is -2.45. The zero-order valence-electron chi connectivity index (χ0n) is 12.0. The molecule has 0 bridgehead atoms. The first-order valence-corrected chi connectivity index (χ1v) is 7.89. The Morgan fingerprint density at radius 1 is 1.40 bits per heavy atom. The van der Waals surface area contributed by atoms with Gasteiger partial charge in [-0.3, -0.25) is 4.90 Å². The van der Waals surface area contributed by atoms with Crippen molar-refractivity contribution >= 4 is 11.6 Å². The Morgan fingerprint density at radius 2 is 2.15 bits per heavy atom. The third-order valence-electron chi connectivity index (χ3n) is 4.85. The van der Waals surface area contributed by atoms with Gasteiger partial charge in [0.15, 0.2) is 0 Å². The van der Waals surface area contributed by atoms with Crippen LogP contribution >= 0.6 is 11.6 Å². The van der Waals surface area contributed by atoms with Gasteiger partial charge in [0, 0.05) is 36.2 Å². The van der Waals surface area contributed by atoms with Crippen molar-refractivity contribution in [1.29, 1.82) is 0 Å². The zero-order chi connectivity index (χ0) is 14.2. The van der Waals surface area contributed by atoms with E-state index in [9.17, 15) is 4.39 Å².